The molecule has 20 heavy (non-hydrogen) atoms. The standard InChI is InChI=1S/C17H23NO2/c1-13-8-6-7-11-16(13)20-14(2)17(19)18-12-15-9-4-3-5-10-15/h6-9,11,14H,3-5,10,12H2,1-2H3,(H,18,19)/t14-/m0/s1. The van der Waals surface area contributed by atoms with E-state index < -0.39 is 6.10 Å². The van der Waals surface area contributed by atoms with Gasteiger partial charge in [0.25, 0.3) is 5.91 Å². The summed E-state index contributed by atoms with van der Waals surface area (Å²) in [6, 6.07) is 7.75. The zero-order valence-corrected chi connectivity index (χ0v) is 12.3. The number of carbonyl (C=O) groups excluding carboxylic acids is 1. The fraction of sp³-hybridized carbons (Fsp3) is 0.471. The van der Waals surface area contributed by atoms with Crippen molar-refractivity contribution in [1.82, 2.24) is 5.32 Å². The van der Waals surface area contributed by atoms with Gasteiger partial charge >= 0.3 is 0 Å². The second-order valence-corrected chi connectivity index (χ2v) is 5.35. The number of benzene rings is 1. The molecule has 2 rings (SSSR count). The Labute approximate surface area is 121 Å². The van der Waals surface area contributed by atoms with Crippen LogP contribution in [-0.4, -0.2) is 18.6 Å². The zero-order valence-electron chi connectivity index (χ0n) is 12.3. The van der Waals surface area contributed by atoms with Gasteiger partial charge in [-0.05, 0) is 51.2 Å². The molecule has 1 N–H and O–H groups in total. The molecule has 0 saturated carbocycles. The highest BCUT2D eigenvalue weighted by Gasteiger charge is 2.15. The molecule has 108 valence electrons. The predicted octanol–water partition coefficient (Wildman–Crippen LogP) is 3.38. The number of hydrogen-bond acceptors (Lipinski definition) is 2. The van der Waals surface area contributed by atoms with Crippen LogP contribution in [0.1, 0.15) is 38.2 Å². The Morgan fingerprint density at radius 3 is 2.85 bits per heavy atom. The molecule has 0 bridgehead atoms. The maximum atomic E-state index is 12.0. The van der Waals surface area contributed by atoms with Gasteiger partial charge in [0, 0.05) is 6.54 Å². The van der Waals surface area contributed by atoms with E-state index in [1.807, 2.05) is 31.2 Å². The molecule has 0 heterocycles. The van der Waals surface area contributed by atoms with Crippen LogP contribution >= 0.6 is 0 Å². The summed E-state index contributed by atoms with van der Waals surface area (Å²) in [5.41, 5.74) is 2.38. The lowest BCUT2D eigenvalue weighted by molar-refractivity contribution is -0.127. The number of para-hydroxylation sites is 1. The normalized spacial score (nSPS) is 16.2. The second-order valence-electron chi connectivity index (χ2n) is 5.35. The molecule has 1 aromatic rings. The highest BCUT2D eigenvalue weighted by atomic mass is 16.5. The van der Waals surface area contributed by atoms with E-state index in [1.165, 1.54) is 18.4 Å². The fourth-order valence-electron chi connectivity index (χ4n) is 2.34. The number of nitrogens with one attached hydrogen (secondary N) is 1. The molecule has 1 amide bonds. The van der Waals surface area contributed by atoms with Crippen LogP contribution in [0.15, 0.2) is 35.9 Å². The van der Waals surface area contributed by atoms with Crippen LogP contribution in [0.3, 0.4) is 0 Å². The maximum absolute atomic E-state index is 12.0. The van der Waals surface area contributed by atoms with Crippen LogP contribution in [0, 0.1) is 6.92 Å². The Bertz CT molecular complexity index is 494. The molecule has 0 saturated heterocycles. The van der Waals surface area contributed by atoms with Gasteiger partial charge < -0.3 is 10.1 Å². The number of carbonyl (C=O) groups is 1. The van der Waals surface area contributed by atoms with Crippen LogP contribution < -0.4 is 10.1 Å². The highest BCUT2D eigenvalue weighted by Crippen LogP contribution is 2.18. The molecule has 1 aliphatic carbocycles. The molecule has 0 spiro atoms. The van der Waals surface area contributed by atoms with Crippen molar-refractivity contribution >= 4 is 5.91 Å². The second kappa shape index (κ2) is 7.13. The first-order valence-corrected chi connectivity index (χ1v) is 7.34. The quantitative estimate of drug-likeness (QED) is 0.835. The summed E-state index contributed by atoms with van der Waals surface area (Å²) in [6.07, 6.45) is 6.52. The molecule has 0 unspecified atom stereocenters. The van der Waals surface area contributed by atoms with E-state index in [2.05, 4.69) is 11.4 Å². The average molecular weight is 273 g/mol. The van der Waals surface area contributed by atoms with Crippen LogP contribution in [0.5, 0.6) is 5.75 Å². The molecule has 3 heteroatoms. The van der Waals surface area contributed by atoms with Crippen LogP contribution in [0.25, 0.3) is 0 Å². The molecule has 0 aliphatic heterocycles. The smallest absolute Gasteiger partial charge is 0.261 e. The number of aryl methyl sites for hydroxylation is 1. The van der Waals surface area contributed by atoms with Crippen molar-refractivity contribution in [1.29, 1.82) is 0 Å². The number of hydrogen-bond donors (Lipinski definition) is 1. The summed E-state index contributed by atoms with van der Waals surface area (Å²) in [7, 11) is 0. The summed E-state index contributed by atoms with van der Waals surface area (Å²) >= 11 is 0. The van der Waals surface area contributed by atoms with E-state index >= 15 is 0 Å². The summed E-state index contributed by atoms with van der Waals surface area (Å²) < 4.78 is 5.72. The van der Waals surface area contributed by atoms with Gasteiger partial charge in [-0.1, -0.05) is 29.8 Å². The molecule has 0 aromatic heterocycles. The maximum Gasteiger partial charge on any atom is 0.261 e. The lowest BCUT2D eigenvalue weighted by Crippen LogP contribution is -2.37. The van der Waals surface area contributed by atoms with E-state index in [0.29, 0.717) is 6.54 Å². The minimum absolute atomic E-state index is 0.0558. The summed E-state index contributed by atoms with van der Waals surface area (Å²) in [5, 5.41) is 2.96. The molecular formula is C17H23NO2. The largest absolute Gasteiger partial charge is 0.481 e. The van der Waals surface area contributed by atoms with Crippen LogP contribution in [0.4, 0.5) is 0 Å². The van der Waals surface area contributed by atoms with Gasteiger partial charge in [0.1, 0.15) is 5.75 Å². The van der Waals surface area contributed by atoms with Crippen molar-refractivity contribution < 1.29 is 9.53 Å². The molecule has 1 atom stereocenters. The molecule has 0 fully saturated rings. The summed E-state index contributed by atoms with van der Waals surface area (Å²) in [6.45, 7) is 4.42. The van der Waals surface area contributed by atoms with E-state index in [4.69, 9.17) is 4.74 Å². The first-order valence-electron chi connectivity index (χ1n) is 7.34. The molecule has 1 aliphatic rings. The number of amides is 1. The van der Waals surface area contributed by atoms with E-state index in [-0.39, 0.29) is 5.91 Å². The summed E-state index contributed by atoms with van der Waals surface area (Å²) in [5.74, 6) is 0.715. The lowest BCUT2D eigenvalue weighted by atomic mass is 10.00. The summed E-state index contributed by atoms with van der Waals surface area (Å²) in [4.78, 5) is 12.0. The molecule has 0 radical (unpaired) electrons. The third-order valence-electron chi connectivity index (χ3n) is 3.64. The number of allylic oxidation sites excluding steroid dienone is 1. The van der Waals surface area contributed by atoms with Gasteiger partial charge in [-0.25, -0.2) is 0 Å². The SMILES string of the molecule is Cc1ccccc1O[C@@H](C)C(=O)NCC1=CCCCC1. The van der Waals surface area contributed by atoms with Crippen molar-refractivity contribution in [3.63, 3.8) is 0 Å². The van der Waals surface area contributed by atoms with Crippen molar-refractivity contribution in [3.05, 3.63) is 41.5 Å². The van der Waals surface area contributed by atoms with E-state index in [0.717, 1.165) is 24.2 Å². The van der Waals surface area contributed by atoms with Crippen molar-refractivity contribution in [2.75, 3.05) is 6.54 Å². The Balaban J connectivity index is 1.83. The van der Waals surface area contributed by atoms with Gasteiger partial charge in [-0.2, -0.15) is 0 Å². The average Bonchev–Trinajstić information content (AvgIpc) is 2.48. The molecule has 3 nitrogen and oxygen atoms in total. The van der Waals surface area contributed by atoms with Gasteiger partial charge in [0.15, 0.2) is 6.10 Å². The minimum Gasteiger partial charge on any atom is -0.481 e. The third-order valence-corrected chi connectivity index (χ3v) is 3.64. The van der Waals surface area contributed by atoms with E-state index in [9.17, 15) is 4.79 Å². The highest BCUT2D eigenvalue weighted by molar-refractivity contribution is 5.81. The van der Waals surface area contributed by atoms with Gasteiger partial charge in [-0.15, -0.1) is 0 Å². The van der Waals surface area contributed by atoms with Crippen LogP contribution in [0.2, 0.25) is 0 Å². The Kier molecular flexibility index (Phi) is 5.22. The van der Waals surface area contributed by atoms with Crippen molar-refractivity contribution in [3.8, 4) is 5.75 Å². The third kappa shape index (κ3) is 4.12. The number of ether oxygens (including phenoxy) is 1. The number of rotatable bonds is 5. The first kappa shape index (κ1) is 14.6. The van der Waals surface area contributed by atoms with Gasteiger partial charge in [0.05, 0.1) is 0 Å². The zero-order chi connectivity index (χ0) is 14.4. The first-order chi connectivity index (χ1) is 9.66. The topological polar surface area (TPSA) is 38.3 Å². The van der Waals surface area contributed by atoms with Gasteiger partial charge in [-0.3, -0.25) is 4.79 Å². The molecule has 1 aromatic carbocycles. The van der Waals surface area contributed by atoms with Crippen LogP contribution in [-0.2, 0) is 4.79 Å². The van der Waals surface area contributed by atoms with Crippen molar-refractivity contribution in [2.24, 2.45) is 0 Å². The van der Waals surface area contributed by atoms with Gasteiger partial charge in [0.2, 0.25) is 0 Å². The molecular weight excluding hydrogens is 250 g/mol. The fourth-order valence-corrected chi connectivity index (χ4v) is 2.34. The minimum atomic E-state index is -0.472. The predicted molar refractivity (Wildman–Crippen MR) is 80.8 cm³/mol. The lowest BCUT2D eigenvalue weighted by Gasteiger charge is -2.18. The Hall–Kier alpha value is -1.77. The Morgan fingerprint density at radius 1 is 1.35 bits per heavy atom. The Morgan fingerprint density at radius 2 is 2.15 bits per heavy atom. The van der Waals surface area contributed by atoms with Crippen molar-refractivity contribution in [2.45, 2.75) is 45.6 Å². The van der Waals surface area contributed by atoms with E-state index in [1.54, 1.807) is 6.92 Å². The monoisotopic (exact) mass is 273 g/mol.